The maximum atomic E-state index is 11.7. The third kappa shape index (κ3) is 4.57. The minimum atomic E-state index is -0.131. The van der Waals surface area contributed by atoms with Crippen molar-refractivity contribution in [2.75, 3.05) is 26.7 Å². The monoisotopic (exact) mass is 338 g/mol. The molecule has 5 heteroatoms. The zero-order valence-corrected chi connectivity index (χ0v) is 15.0. The number of hydrogen-bond donors (Lipinski definition) is 1. The Labute approximate surface area is 149 Å². The lowest BCUT2D eigenvalue weighted by Gasteiger charge is -2.33. The zero-order chi connectivity index (χ0) is 17.6. The summed E-state index contributed by atoms with van der Waals surface area (Å²) in [5.74, 6) is -0.131. The summed E-state index contributed by atoms with van der Waals surface area (Å²) in [6, 6.07) is 12.6. The standard InChI is InChI=1S/C20H26N4O/c1-16(13-17-7-4-3-5-8-17)14-23-11-6-9-18(15-23)24-12-10-19(22-24)20(25)21-2/h3-5,7-8,10,12-13,18H,6,9,11,14-15H2,1-2H3,(H,21,25)/b16-13+. The van der Waals surface area contributed by atoms with Gasteiger partial charge in [0, 0.05) is 26.3 Å². The SMILES string of the molecule is CNC(=O)c1ccn(C2CCCN(C/C(C)=C/c3ccccc3)C2)n1. The average Bonchev–Trinajstić information content (AvgIpc) is 3.12. The number of nitrogens with one attached hydrogen (secondary N) is 1. The summed E-state index contributed by atoms with van der Waals surface area (Å²) in [6.07, 6.45) is 6.43. The Morgan fingerprint density at radius 2 is 2.12 bits per heavy atom. The van der Waals surface area contributed by atoms with Gasteiger partial charge in [-0.2, -0.15) is 5.10 Å². The molecule has 132 valence electrons. The average molecular weight is 338 g/mol. The van der Waals surface area contributed by atoms with Crippen molar-refractivity contribution < 1.29 is 4.79 Å². The predicted molar refractivity (Wildman–Crippen MR) is 100 cm³/mol. The van der Waals surface area contributed by atoms with E-state index in [1.807, 2.05) is 16.9 Å². The zero-order valence-electron chi connectivity index (χ0n) is 15.0. The summed E-state index contributed by atoms with van der Waals surface area (Å²) in [5, 5.41) is 7.07. The van der Waals surface area contributed by atoms with E-state index in [-0.39, 0.29) is 5.91 Å². The fourth-order valence-electron chi connectivity index (χ4n) is 3.41. The molecule has 0 bridgehead atoms. The molecule has 0 radical (unpaired) electrons. The normalized spacial score (nSPS) is 19.0. The maximum absolute atomic E-state index is 11.7. The highest BCUT2D eigenvalue weighted by atomic mass is 16.1. The second kappa shape index (κ2) is 8.12. The first-order valence-corrected chi connectivity index (χ1v) is 8.87. The van der Waals surface area contributed by atoms with Crippen LogP contribution in [-0.4, -0.2) is 47.3 Å². The number of carbonyl (C=O) groups is 1. The van der Waals surface area contributed by atoms with Gasteiger partial charge in [0.15, 0.2) is 0 Å². The van der Waals surface area contributed by atoms with Gasteiger partial charge in [0.2, 0.25) is 0 Å². The van der Waals surface area contributed by atoms with Gasteiger partial charge in [-0.15, -0.1) is 0 Å². The Bertz CT molecular complexity index is 735. The summed E-state index contributed by atoms with van der Waals surface area (Å²) in [4.78, 5) is 14.2. The van der Waals surface area contributed by atoms with E-state index in [1.54, 1.807) is 13.1 Å². The number of carbonyl (C=O) groups excluding carboxylic acids is 1. The highest BCUT2D eigenvalue weighted by Gasteiger charge is 2.22. The third-order valence-electron chi connectivity index (χ3n) is 4.61. The molecule has 1 aliphatic rings. The molecule has 1 N–H and O–H groups in total. The van der Waals surface area contributed by atoms with Crippen LogP contribution in [0.25, 0.3) is 6.08 Å². The fourth-order valence-corrected chi connectivity index (χ4v) is 3.41. The molecule has 1 aromatic heterocycles. The second-order valence-corrected chi connectivity index (χ2v) is 6.69. The lowest BCUT2D eigenvalue weighted by molar-refractivity contribution is 0.0956. The molecule has 5 nitrogen and oxygen atoms in total. The van der Waals surface area contributed by atoms with Crippen LogP contribution < -0.4 is 5.32 Å². The van der Waals surface area contributed by atoms with Crippen molar-refractivity contribution in [1.82, 2.24) is 20.0 Å². The van der Waals surface area contributed by atoms with E-state index in [0.29, 0.717) is 11.7 Å². The first-order valence-electron chi connectivity index (χ1n) is 8.87. The third-order valence-corrected chi connectivity index (χ3v) is 4.61. The van der Waals surface area contributed by atoms with Crippen LogP contribution in [-0.2, 0) is 0 Å². The molecule has 25 heavy (non-hydrogen) atoms. The van der Waals surface area contributed by atoms with Crippen LogP contribution in [0.4, 0.5) is 0 Å². The molecule has 0 saturated carbocycles. The van der Waals surface area contributed by atoms with Crippen molar-refractivity contribution in [3.8, 4) is 0 Å². The molecule has 2 aromatic rings. The van der Waals surface area contributed by atoms with Gasteiger partial charge in [-0.1, -0.05) is 42.0 Å². The van der Waals surface area contributed by atoms with Crippen molar-refractivity contribution >= 4 is 12.0 Å². The molecule has 0 aliphatic carbocycles. The van der Waals surface area contributed by atoms with Crippen LogP contribution in [0.2, 0.25) is 0 Å². The van der Waals surface area contributed by atoms with Gasteiger partial charge in [0.1, 0.15) is 5.69 Å². The molecule has 0 spiro atoms. The van der Waals surface area contributed by atoms with E-state index >= 15 is 0 Å². The van der Waals surface area contributed by atoms with Crippen LogP contribution >= 0.6 is 0 Å². The highest BCUT2D eigenvalue weighted by molar-refractivity contribution is 5.91. The summed E-state index contributed by atoms with van der Waals surface area (Å²) < 4.78 is 1.95. The van der Waals surface area contributed by atoms with Crippen molar-refractivity contribution in [3.63, 3.8) is 0 Å². The molecular formula is C20H26N4O. The first-order chi connectivity index (χ1) is 12.2. The topological polar surface area (TPSA) is 50.2 Å². The number of nitrogens with zero attached hydrogens (tertiary/aromatic N) is 3. The number of likely N-dealkylation sites (tertiary alicyclic amines) is 1. The summed E-state index contributed by atoms with van der Waals surface area (Å²) in [7, 11) is 1.63. The fraction of sp³-hybridized carbons (Fsp3) is 0.400. The minimum Gasteiger partial charge on any atom is -0.354 e. The molecule has 1 atom stereocenters. The van der Waals surface area contributed by atoms with E-state index in [1.165, 1.54) is 11.1 Å². The largest absolute Gasteiger partial charge is 0.354 e. The number of hydrogen-bond acceptors (Lipinski definition) is 3. The lowest BCUT2D eigenvalue weighted by atomic mass is 10.0. The van der Waals surface area contributed by atoms with E-state index in [4.69, 9.17) is 0 Å². The van der Waals surface area contributed by atoms with Crippen LogP contribution in [0.1, 0.15) is 41.9 Å². The van der Waals surface area contributed by atoms with E-state index in [9.17, 15) is 4.79 Å². The van der Waals surface area contributed by atoms with Gasteiger partial charge in [0.05, 0.1) is 6.04 Å². The van der Waals surface area contributed by atoms with Gasteiger partial charge in [0.25, 0.3) is 5.91 Å². The number of rotatable bonds is 5. The molecule has 1 saturated heterocycles. The molecule has 1 aliphatic heterocycles. The number of benzene rings is 1. The van der Waals surface area contributed by atoms with Crippen molar-refractivity contribution in [2.45, 2.75) is 25.8 Å². The molecule has 1 unspecified atom stereocenters. The van der Waals surface area contributed by atoms with E-state index in [0.717, 1.165) is 32.5 Å². The Kier molecular flexibility index (Phi) is 5.66. The Morgan fingerprint density at radius 1 is 1.32 bits per heavy atom. The van der Waals surface area contributed by atoms with E-state index in [2.05, 4.69) is 52.6 Å². The number of piperidine rings is 1. The van der Waals surface area contributed by atoms with Gasteiger partial charge < -0.3 is 5.32 Å². The molecule has 3 rings (SSSR count). The van der Waals surface area contributed by atoms with Crippen LogP contribution in [0.5, 0.6) is 0 Å². The molecule has 1 fully saturated rings. The second-order valence-electron chi connectivity index (χ2n) is 6.69. The number of aromatic nitrogens is 2. The Morgan fingerprint density at radius 3 is 2.88 bits per heavy atom. The van der Waals surface area contributed by atoms with Gasteiger partial charge in [-0.25, -0.2) is 0 Å². The summed E-state index contributed by atoms with van der Waals surface area (Å²) >= 11 is 0. The van der Waals surface area contributed by atoms with E-state index < -0.39 is 0 Å². The molecule has 1 amide bonds. The van der Waals surface area contributed by atoms with Gasteiger partial charge >= 0.3 is 0 Å². The maximum Gasteiger partial charge on any atom is 0.271 e. The Balaban J connectivity index is 1.62. The van der Waals surface area contributed by atoms with Gasteiger partial charge in [-0.3, -0.25) is 14.4 Å². The molecule has 1 aromatic carbocycles. The van der Waals surface area contributed by atoms with Crippen molar-refractivity contribution in [3.05, 3.63) is 59.4 Å². The molecule has 2 heterocycles. The van der Waals surface area contributed by atoms with Crippen LogP contribution in [0.15, 0.2) is 48.2 Å². The predicted octanol–water partition coefficient (Wildman–Crippen LogP) is 2.98. The minimum absolute atomic E-state index is 0.131. The van der Waals surface area contributed by atoms with Crippen molar-refractivity contribution in [2.24, 2.45) is 0 Å². The van der Waals surface area contributed by atoms with Crippen LogP contribution in [0, 0.1) is 0 Å². The quantitative estimate of drug-likeness (QED) is 0.912. The summed E-state index contributed by atoms with van der Waals surface area (Å²) in [6.45, 7) is 5.23. The van der Waals surface area contributed by atoms with Crippen molar-refractivity contribution in [1.29, 1.82) is 0 Å². The van der Waals surface area contributed by atoms with Gasteiger partial charge in [-0.05, 0) is 37.9 Å². The lowest BCUT2D eigenvalue weighted by Crippen LogP contribution is -2.37. The first kappa shape index (κ1) is 17.4. The number of amides is 1. The summed E-state index contributed by atoms with van der Waals surface area (Å²) in [5.41, 5.74) is 3.09. The smallest absolute Gasteiger partial charge is 0.271 e. The molecular weight excluding hydrogens is 312 g/mol. The highest BCUT2D eigenvalue weighted by Crippen LogP contribution is 2.22. The van der Waals surface area contributed by atoms with Crippen LogP contribution in [0.3, 0.4) is 0 Å². The Hall–Kier alpha value is -2.40.